The van der Waals surface area contributed by atoms with E-state index < -0.39 is 11.8 Å². The summed E-state index contributed by atoms with van der Waals surface area (Å²) in [6, 6.07) is 11.9. The summed E-state index contributed by atoms with van der Waals surface area (Å²) in [7, 11) is 0. The molecule has 2 rings (SSSR count). The zero-order chi connectivity index (χ0) is 21.4. The number of hydrogen-bond donors (Lipinski definition) is 3. The van der Waals surface area contributed by atoms with Gasteiger partial charge in [0.2, 0.25) is 5.91 Å². The maximum absolute atomic E-state index is 12.1. The Morgan fingerprint density at radius 1 is 1.00 bits per heavy atom. The van der Waals surface area contributed by atoms with Gasteiger partial charge in [-0.25, -0.2) is 0 Å². The van der Waals surface area contributed by atoms with Crippen molar-refractivity contribution in [3.8, 4) is 5.75 Å². The second-order valence-corrected chi connectivity index (χ2v) is 7.80. The highest BCUT2D eigenvalue weighted by Gasteiger charge is 2.10. The van der Waals surface area contributed by atoms with E-state index in [4.69, 9.17) is 4.74 Å². The number of anilines is 1. The third-order valence-corrected chi connectivity index (χ3v) is 4.41. The maximum Gasteiger partial charge on any atom is 0.276 e. The lowest BCUT2D eigenvalue weighted by Gasteiger charge is -2.11. The topological polar surface area (TPSA) is 96.5 Å². The minimum Gasteiger partial charge on any atom is -0.483 e. The lowest BCUT2D eigenvalue weighted by atomic mass is 10.1. The molecule has 0 saturated heterocycles. The van der Waals surface area contributed by atoms with Crippen molar-refractivity contribution in [1.29, 1.82) is 0 Å². The number of aryl methyl sites for hydroxylation is 1. The van der Waals surface area contributed by atoms with E-state index >= 15 is 0 Å². The molecule has 0 bridgehead atoms. The van der Waals surface area contributed by atoms with Gasteiger partial charge in [0, 0.05) is 17.7 Å². The number of hydrazine groups is 1. The first-order chi connectivity index (χ1) is 13.7. The largest absolute Gasteiger partial charge is 0.483 e. The van der Waals surface area contributed by atoms with Gasteiger partial charge in [-0.05, 0) is 70.7 Å². The third kappa shape index (κ3) is 7.57. The number of hydrogen-bond acceptors (Lipinski definition) is 4. The van der Waals surface area contributed by atoms with E-state index in [-0.39, 0.29) is 18.4 Å². The van der Waals surface area contributed by atoms with Gasteiger partial charge >= 0.3 is 0 Å². The van der Waals surface area contributed by atoms with E-state index in [2.05, 4.69) is 32.1 Å². The van der Waals surface area contributed by atoms with Crippen molar-refractivity contribution >= 4 is 39.3 Å². The number of nitrogens with one attached hydrogen (secondary N) is 3. The van der Waals surface area contributed by atoms with Crippen LogP contribution in [-0.2, 0) is 9.59 Å². The van der Waals surface area contributed by atoms with Gasteiger partial charge in [0.15, 0.2) is 6.61 Å². The Bertz CT molecular complexity index is 882. The molecule has 0 atom stereocenters. The summed E-state index contributed by atoms with van der Waals surface area (Å²) in [5.41, 5.74) is 6.64. The Labute approximate surface area is 178 Å². The van der Waals surface area contributed by atoms with Crippen molar-refractivity contribution in [3.63, 3.8) is 0 Å². The lowest BCUT2D eigenvalue weighted by molar-refractivity contribution is -0.123. The molecule has 0 fully saturated rings. The molecule has 0 aliphatic carbocycles. The molecule has 0 saturated carbocycles. The van der Waals surface area contributed by atoms with E-state index in [0.717, 1.165) is 10.0 Å². The van der Waals surface area contributed by atoms with Crippen LogP contribution in [0.2, 0.25) is 0 Å². The summed E-state index contributed by atoms with van der Waals surface area (Å²) in [5, 5.41) is 2.77. The smallest absolute Gasteiger partial charge is 0.276 e. The number of benzene rings is 2. The van der Waals surface area contributed by atoms with Crippen LogP contribution in [0.4, 0.5) is 5.69 Å². The molecule has 29 heavy (non-hydrogen) atoms. The molecule has 3 amide bonds. The SMILES string of the molecule is Cc1ccc(OCC(=O)NNC(=O)c2ccc(NC(=O)CC(C)C)cc2)c(Br)c1. The van der Waals surface area contributed by atoms with Crippen molar-refractivity contribution in [2.75, 3.05) is 11.9 Å². The summed E-state index contributed by atoms with van der Waals surface area (Å²) in [5.74, 6) is -0.255. The fourth-order valence-corrected chi connectivity index (χ4v) is 3.00. The van der Waals surface area contributed by atoms with Gasteiger partial charge in [-0.2, -0.15) is 0 Å². The van der Waals surface area contributed by atoms with Gasteiger partial charge in [-0.3, -0.25) is 25.2 Å². The normalized spacial score (nSPS) is 10.4. The number of rotatable bonds is 7. The van der Waals surface area contributed by atoms with Gasteiger partial charge in [0.05, 0.1) is 4.47 Å². The van der Waals surface area contributed by atoms with Crippen molar-refractivity contribution in [2.45, 2.75) is 27.2 Å². The molecule has 0 aliphatic heterocycles. The zero-order valence-corrected chi connectivity index (χ0v) is 18.1. The van der Waals surface area contributed by atoms with Crippen LogP contribution >= 0.6 is 15.9 Å². The molecule has 8 heteroatoms. The predicted octanol–water partition coefficient (Wildman–Crippen LogP) is 3.58. The Kier molecular flexibility index (Phi) is 8.21. The van der Waals surface area contributed by atoms with Gasteiger partial charge in [0.1, 0.15) is 5.75 Å². The molecule has 0 aliphatic rings. The van der Waals surface area contributed by atoms with Gasteiger partial charge in [-0.1, -0.05) is 19.9 Å². The first kappa shape index (κ1) is 22.4. The number of amides is 3. The van der Waals surface area contributed by atoms with Crippen LogP contribution in [0.1, 0.15) is 36.2 Å². The van der Waals surface area contributed by atoms with E-state index in [0.29, 0.717) is 23.4 Å². The molecular formula is C21H24BrN3O4. The molecule has 2 aromatic rings. The molecular weight excluding hydrogens is 438 g/mol. The van der Waals surface area contributed by atoms with E-state index in [1.54, 1.807) is 30.3 Å². The highest BCUT2D eigenvalue weighted by atomic mass is 79.9. The number of carbonyl (C=O) groups is 3. The summed E-state index contributed by atoms with van der Waals surface area (Å²) in [6.45, 7) is 5.63. The Morgan fingerprint density at radius 3 is 2.31 bits per heavy atom. The van der Waals surface area contributed by atoms with Crippen LogP contribution in [0.25, 0.3) is 0 Å². The minimum atomic E-state index is -0.497. The van der Waals surface area contributed by atoms with E-state index in [1.165, 1.54) is 0 Å². The highest BCUT2D eigenvalue weighted by Crippen LogP contribution is 2.25. The molecule has 154 valence electrons. The van der Waals surface area contributed by atoms with Gasteiger partial charge in [-0.15, -0.1) is 0 Å². The fourth-order valence-electron chi connectivity index (χ4n) is 2.39. The van der Waals surface area contributed by atoms with Crippen LogP contribution in [0.5, 0.6) is 5.75 Å². The average Bonchev–Trinajstić information content (AvgIpc) is 2.65. The molecule has 0 spiro atoms. The number of ether oxygens (including phenoxy) is 1. The molecule has 0 aromatic heterocycles. The second-order valence-electron chi connectivity index (χ2n) is 6.95. The quantitative estimate of drug-likeness (QED) is 0.548. The van der Waals surface area contributed by atoms with E-state index in [9.17, 15) is 14.4 Å². The summed E-state index contributed by atoms with van der Waals surface area (Å²) < 4.78 is 6.17. The molecule has 3 N–H and O–H groups in total. The summed E-state index contributed by atoms with van der Waals surface area (Å²) >= 11 is 3.37. The average molecular weight is 462 g/mol. The third-order valence-electron chi connectivity index (χ3n) is 3.79. The molecule has 0 heterocycles. The summed E-state index contributed by atoms with van der Waals surface area (Å²) in [6.07, 6.45) is 0.426. The highest BCUT2D eigenvalue weighted by molar-refractivity contribution is 9.10. The molecule has 0 radical (unpaired) electrons. The lowest BCUT2D eigenvalue weighted by Crippen LogP contribution is -2.43. The van der Waals surface area contributed by atoms with Crippen LogP contribution in [0, 0.1) is 12.8 Å². The van der Waals surface area contributed by atoms with Crippen molar-refractivity contribution < 1.29 is 19.1 Å². The fraction of sp³-hybridized carbons (Fsp3) is 0.286. The van der Waals surface area contributed by atoms with Gasteiger partial charge < -0.3 is 10.1 Å². The van der Waals surface area contributed by atoms with Crippen LogP contribution in [0.15, 0.2) is 46.9 Å². The number of halogens is 1. The predicted molar refractivity (Wildman–Crippen MR) is 115 cm³/mol. The van der Waals surface area contributed by atoms with E-state index in [1.807, 2.05) is 32.9 Å². The number of carbonyl (C=O) groups excluding carboxylic acids is 3. The molecule has 7 nitrogen and oxygen atoms in total. The first-order valence-corrected chi connectivity index (χ1v) is 9.92. The van der Waals surface area contributed by atoms with Crippen LogP contribution < -0.4 is 20.9 Å². The van der Waals surface area contributed by atoms with Crippen molar-refractivity contribution in [2.24, 2.45) is 5.92 Å². The zero-order valence-electron chi connectivity index (χ0n) is 16.5. The molecule has 0 unspecified atom stereocenters. The van der Waals surface area contributed by atoms with Crippen molar-refractivity contribution in [3.05, 3.63) is 58.1 Å². The minimum absolute atomic E-state index is 0.0790. The summed E-state index contributed by atoms with van der Waals surface area (Å²) in [4.78, 5) is 35.8. The van der Waals surface area contributed by atoms with Crippen LogP contribution in [0.3, 0.4) is 0 Å². The maximum atomic E-state index is 12.1. The van der Waals surface area contributed by atoms with Gasteiger partial charge in [0.25, 0.3) is 11.8 Å². The molecule has 2 aromatic carbocycles. The second kappa shape index (κ2) is 10.6. The monoisotopic (exact) mass is 461 g/mol. The standard InChI is InChI=1S/C21H24BrN3O4/c1-13(2)10-19(26)23-16-7-5-15(6-8-16)21(28)25-24-20(27)12-29-18-9-4-14(3)11-17(18)22/h4-9,11,13H,10,12H2,1-3H3,(H,23,26)(H,24,27)(H,25,28). The Hall–Kier alpha value is -2.87. The van der Waals surface area contributed by atoms with Crippen LogP contribution in [-0.4, -0.2) is 24.3 Å². The first-order valence-electron chi connectivity index (χ1n) is 9.12. The Balaban J connectivity index is 1.79. The Morgan fingerprint density at radius 2 is 1.69 bits per heavy atom. The van der Waals surface area contributed by atoms with Crippen molar-refractivity contribution in [1.82, 2.24) is 10.9 Å².